The zero-order valence-electron chi connectivity index (χ0n) is 13.0. The van der Waals surface area contributed by atoms with Crippen molar-refractivity contribution >= 4 is 17.5 Å². The molecule has 0 aliphatic carbocycles. The molecule has 1 saturated heterocycles. The normalized spacial score (nSPS) is 17.1. The van der Waals surface area contributed by atoms with E-state index in [1.807, 2.05) is 0 Å². The van der Waals surface area contributed by atoms with E-state index in [0.29, 0.717) is 41.9 Å². The molecule has 1 heterocycles. The topological polar surface area (TPSA) is 55.6 Å². The fourth-order valence-corrected chi connectivity index (χ4v) is 2.86. The van der Waals surface area contributed by atoms with E-state index in [9.17, 15) is 9.18 Å². The summed E-state index contributed by atoms with van der Waals surface area (Å²) in [7, 11) is 0. The van der Waals surface area contributed by atoms with E-state index in [1.165, 1.54) is 12.1 Å². The molecule has 24 heavy (non-hydrogen) atoms. The Morgan fingerprint density at radius 3 is 2.67 bits per heavy atom. The van der Waals surface area contributed by atoms with Gasteiger partial charge in [0.15, 0.2) is 11.6 Å². The van der Waals surface area contributed by atoms with Crippen LogP contribution in [0.5, 0.6) is 11.5 Å². The maximum absolute atomic E-state index is 14.3. The monoisotopic (exact) mass is 348 g/mol. The number of likely N-dealkylation sites (tertiary alicyclic amines) is 1. The summed E-state index contributed by atoms with van der Waals surface area (Å²) in [5.41, 5.74) is 5.95. The number of ether oxygens (including phenoxy) is 1. The number of amides is 1. The molecule has 126 valence electrons. The molecule has 1 unspecified atom stereocenters. The Labute approximate surface area is 145 Å². The maximum atomic E-state index is 14.3. The lowest BCUT2D eigenvalue weighted by molar-refractivity contribution is 0.0787. The molecule has 0 bridgehead atoms. The summed E-state index contributed by atoms with van der Waals surface area (Å²) in [5.74, 6) is 0.109. The molecule has 1 aliphatic heterocycles. The summed E-state index contributed by atoms with van der Waals surface area (Å²) in [6.45, 7) is 1.84. The van der Waals surface area contributed by atoms with E-state index >= 15 is 0 Å². The highest BCUT2D eigenvalue weighted by Crippen LogP contribution is 2.27. The number of nitrogens with zero attached hydrogens (tertiary/aromatic N) is 1. The predicted molar refractivity (Wildman–Crippen MR) is 91.0 cm³/mol. The molecule has 0 aromatic heterocycles. The van der Waals surface area contributed by atoms with Crippen molar-refractivity contribution in [3.63, 3.8) is 0 Å². The van der Waals surface area contributed by atoms with Crippen molar-refractivity contribution in [1.29, 1.82) is 0 Å². The summed E-state index contributed by atoms with van der Waals surface area (Å²) in [5, 5.41) is 0.574. The smallest absolute Gasteiger partial charge is 0.253 e. The predicted octanol–water partition coefficient (Wildman–Crippen LogP) is 3.69. The van der Waals surface area contributed by atoms with E-state index < -0.39 is 5.82 Å². The quantitative estimate of drug-likeness (QED) is 0.916. The average molecular weight is 349 g/mol. The first-order valence-corrected chi connectivity index (χ1v) is 8.17. The van der Waals surface area contributed by atoms with Gasteiger partial charge in [-0.25, -0.2) is 4.39 Å². The lowest BCUT2D eigenvalue weighted by Gasteiger charge is -2.17. The van der Waals surface area contributed by atoms with Crippen LogP contribution in [0.3, 0.4) is 0 Å². The standard InChI is InChI=1S/C18H18ClFN2O2/c19-14-2-4-15(5-3-14)24-17-6-1-13(9-16(17)20)18(23)22-8-7-12(10-21)11-22/h1-6,9,12H,7-8,10-11,21H2. The molecule has 1 atom stereocenters. The molecule has 3 rings (SSSR count). The van der Waals surface area contributed by atoms with Crippen molar-refractivity contribution in [1.82, 2.24) is 4.90 Å². The first-order valence-electron chi connectivity index (χ1n) is 7.79. The zero-order valence-corrected chi connectivity index (χ0v) is 13.8. The second kappa shape index (κ2) is 7.20. The van der Waals surface area contributed by atoms with Gasteiger partial charge in [0, 0.05) is 23.7 Å². The molecular formula is C18H18ClFN2O2. The molecule has 2 N–H and O–H groups in total. The maximum Gasteiger partial charge on any atom is 0.253 e. The summed E-state index contributed by atoms with van der Waals surface area (Å²) in [4.78, 5) is 14.1. The van der Waals surface area contributed by atoms with Gasteiger partial charge in [0.2, 0.25) is 0 Å². The van der Waals surface area contributed by atoms with E-state index in [4.69, 9.17) is 22.1 Å². The molecule has 0 saturated carbocycles. The minimum Gasteiger partial charge on any atom is -0.454 e. The van der Waals surface area contributed by atoms with Gasteiger partial charge in [-0.3, -0.25) is 4.79 Å². The van der Waals surface area contributed by atoms with E-state index in [2.05, 4.69) is 0 Å². The van der Waals surface area contributed by atoms with Gasteiger partial charge in [0.25, 0.3) is 5.91 Å². The van der Waals surface area contributed by atoms with Crippen LogP contribution < -0.4 is 10.5 Å². The van der Waals surface area contributed by atoms with Crippen LogP contribution in [0.15, 0.2) is 42.5 Å². The van der Waals surface area contributed by atoms with Gasteiger partial charge in [0.1, 0.15) is 5.75 Å². The third kappa shape index (κ3) is 3.68. The van der Waals surface area contributed by atoms with Crippen molar-refractivity contribution in [3.05, 3.63) is 58.9 Å². The highest BCUT2D eigenvalue weighted by atomic mass is 35.5. The second-order valence-corrected chi connectivity index (χ2v) is 6.28. The van der Waals surface area contributed by atoms with Crippen LogP contribution >= 0.6 is 11.6 Å². The number of halogens is 2. The lowest BCUT2D eigenvalue weighted by atomic mass is 10.1. The number of hydrogen-bond acceptors (Lipinski definition) is 3. The Balaban J connectivity index is 1.72. The van der Waals surface area contributed by atoms with Crippen LogP contribution in [0.2, 0.25) is 5.02 Å². The van der Waals surface area contributed by atoms with Crippen LogP contribution in [0.25, 0.3) is 0 Å². The Morgan fingerprint density at radius 1 is 1.29 bits per heavy atom. The highest BCUT2D eigenvalue weighted by molar-refractivity contribution is 6.30. The van der Waals surface area contributed by atoms with Gasteiger partial charge in [-0.2, -0.15) is 0 Å². The Bertz CT molecular complexity index is 736. The third-order valence-corrected chi connectivity index (χ3v) is 4.38. The SMILES string of the molecule is NCC1CCN(C(=O)c2ccc(Oc3ccc(Cl)cc3)c(F)c2)C1. The molecule has 6 heteroatoms. The molecule has 2 aromatic rings. The second-order valence-electron chi connectivity index (χ2n) is 5.84. The summed E-state index contributed by atoms with van der Waals surface area (Å²) in [6.07, 6.45) is 0.891. The summed E-state index contributed by atoms with van der Waals surface area (Å²) >= 11 is 5.80. The van der Waals surface area contributed by atoms with Gasteiger partial charge in [-0.15, -0.1) is 0 Å². The van der Waals surface area contributed by atoms with Crippen molar-refractivity contribution in [2.75, 3.05) is 19.6 Å². The fourth-order valence-electron chi connectivity index (χ4n) is 2.74. The highest BCUT2D eigenvalue weighted by Gasteiger charge is 2.26. The molecule has 0 spiro atoms. The van der Waals surface area contributed by atoms with Gasteiger partial charge >= 0.3 is 0 Å². The summed E-state index contributed by atoms with van der Waals surface area (Å²) < 4.78 is 19.7. The molecule has 1 amide bonds. The first-order chi connectivity index (χ1) is 11.6. The van der Waals surface area contributed by atoms with Gasteiger partial charge in [-0.1, -0.05) is 11.6 Å². The third-order valence-electron chi connectivity index (χ3n) is 4.13. The molecule has 0 radical (unpaired) electrons. The lowest BCUT2D eigenvalue weighted by Crippen LogP contribution is -2.29. The Kier molecular flexibility index (Phi) is 5.02. The summed E-state index contributed by atoms with van der Waals surface area (Å²) in [6, 6.07) is 10.9. The van der Waals surface area contributed by atoms with E-state index in [-0.39, 0.29) is 11.7 Å². The Morgan fingerprint density at radius 2 is 2.04 bits per heavy atom. The van der Waals surface area contributed by atoms with Gasteiger partial charge in [0.05, 0.1) is 0 Å². The van der Waals surface area contributed by atoms with Crippen LogP contribution in [0, 0.1) is 11.7 Å². The van der Waals surface area contributed by atoms with Crippen molar-refractivity contribution in [2.24, 2.45) is 11.7 Å². The number of carbonyl (C=O) groups excluding carboxylic acids is 1. The fraction of sp³-hybridized carbons (Fsp3) is 0.278. The minimum atomic E-state index is -0.578. The number of benzene rings is 2. The van der Waals surface area contributed by atoms with Crippen LogP contribution in [0.4, 0.5) is 4.39 Å². The van der Waals surface area contributed by atoms with Crippen molar-refractivity contribution < 1.29 is 13.9 Å². The van der Waals surface area contributed by atoms with Gasteiger partial charge in [-0.05, 0) is 61.3 Å². The van der Waals surface area contributed by atoms with Gasteiger partial charge < -0.3 is 15.4 Å². The number of nitrogens with two attached hydrogens (primary N) is 1. The van der Waals surface area contributed by atoms with E-state index in [1.54, 1.807) is 35.2 Å². The zero-order chi connectivity index (χ0) is 17.1. The minimum absolute atomic E-state index is 0.0649. The van der Waals surface area contributed by atoms with Crippen LogP contribution in [0.1, 0.15) is 16.8 Å². The Hall–Kier alpha value is -2.11. The number of hydrogen-bond donors (Lipinski definition) is 1. The number of carbonyl (C=O) groups is 1. The average Bonchev–Trinajstić information content (AvgIpc) is 3.07. The molecule has 1 fully saturated rings. The first kappa shape index (κ1) is 16.7. The molecule has 2 aromatic carbocycles. The molecule has 1 aliphatic rings. The largest absolute Gasteiger partial charge is 0.454 e. The van der Waals surface area contributed by atoms with Crippen molar-refractivity contribution in [3.8, 4) is 11.5 Å². The molecular weight excluding hydrogens is 331 g/mol. The van der Waals surface area contributed by atoms with E-state index in [0.717, 1.165) is 6.42 Å². The van der Waals surface area contributed by atoms with Crippen molar-refractivity contribution in [2.45, 2.75) is 6.42 Å². The van der Waals surface area contributed by atoms with Crippen LogP contribution in [-0.2, 0) is 0 Å². The molecule has 4 nitrogen and oxygen atoms in total. The van der Waals surface area contributed by atoms with Crippen LogP contribution in [-0.4, -0.2) is 30.4 Å². The number of rotatable bonds is 4.